The van der Waals surface area contributed by atoms with E-state index in [0.717, 1.165) is 10.5 Å². The summed E-state index contributed by atoms with van der Waals surface area (Å²) in [6.07, 6.45) is 4.68. The Hall–Kier alpha value is -3.40. The first kappa shape index (κ1) is 21.3. The molecule has 0 radical (unpaired) electrons. The Kier molecular flexibility index (Phi) is 6.68. The van der Waals surface area contributed by atoms with Crippen LogP contribution < -0.4 is 14.8 Å². The minimum Gasteiger partial charge on any atom is -0.490 e. The van der Waals surface area contributed by atoms with Crippen molar-refractivity contribution >= 4 is 21.6 Å². The maximum absolute atomic E-state index is 12.9. The predicted octanol–water partition coefficient (Wildman–Crippen LogP) is 3.20. The molecular weight excluding hydrogens is 408 g/mol. The van der Waals surface area contributed by atoms with Crippen molar-refractivity contribution in [1.82, 2.24) is 14.2 Å². The molecule has 30 heavy (non-hydrogen) atoms. The number of nitrogens with zero attached hydrogens (tertiary/aromatic N) is 3. The van der Waals surface area contributed by atoms with E-state index in [9.17, 15) is 13.2 Å². The third-order valence-electron chi connectivity index (χ3n) is 3.98. The molecule has 0 bridgehead atoms. The molecule has 4 rings (SSSR count). The number of carbonyl (C=O) groups excluding carboxylic acids is 1. The number of carbonyl (C=O) groups is 1. The van der Waals surface area contributed by atoms with Gasteiger partial charge in [0.25, 0.3) is 15.9 Å². The molecule has 0 saturated heterocycles. The number of hydrogen-bond donors (Lipinski definition) is 1. The average Bonchev–Trinajstić information content (AvgIpc) is 3.13. The topological polar surface area (TPSA) is 112 Å². The molecule has 0 aliphatic carbocycles. The van der Waals surface area contributed by atoms with Crippen molar-refractivity contribution in [2.24, 2.45) is 0 Å². The second kappa shape index (κ2) is 9.40. The molecule has 10 heteroatoms. The lowest BCUT2D eigenvalue weighted by Gasteiger charge is -2.10. The van der Waals surface area contributed by atoms with Crippen LogP contribution >= 0.6 is 0 Å². The van der Waals surface area contributed by atoms with Gasteiger partial charge >= 0.3 is 0 Å². The van der Waals surface area contributed by atoms with E-state index in [1.165, 1.54) is 30.7 Å². The summed E-state index contributed by atoms with van der Waals surface area (Å²) >= 11 is 0. The highest BCUT2D eigenvalue weighted by Gasteiger charge is 2.22. The number of pyridine rings is 1. The number of anilines is 1. The third kappa shape index (κ3) is 4.60. The average molecular weight is 433 g/mol. The van der Waals surface area contributed by atoms with Crippen LogP contribution in [0.25, 0.3) is 0 Å². The molecule has 0 atom stereocenters. The molecule has 1 amide bonds. The molecular formula is C20H24N4O5S. The zero-order chi connectivity index (χ0) is 21.6. The quantitative estimate of drug-likeness (QED) is 0.674. The van der Waals surface area contributed by atoms with E-state index in [4.69, 9.17) is 9.47 Å². The van der Waals surface area contributed by atoms with Gasteiger partial charge in [-0.3, -0.25) is 9.78 Å². The fourth-order valence-electron chi connectivity index (χ4n) is 2.61. The minimum atomic E-state index is -3.96. The predicted molar refractivity (Wildman–Crippen MR) is 113 cm³/mol. The van der Waals surface area contributed by atoms with Gasteiger partial charge in [0.15, 0.2) is 11.5 Å². The van der Waals surface area contributed by atoms with Gasteiger partial charge in [-0.2, -0.15) is 17.6 Å². The number of aromatic nitrogens is 3. The maximum Gasteiger partial charge on any atom is 0.283 e. The minimum absolute atomic E-state index is 0. The summed E-state index contributed by atoms with van der Waals surface area (Å²) in [5.41, 5.74) is 0.439. The largest absolute Gasteiger partial charge is 0.490 e. The van der Waals surface area contributed by atoms with Crippen LogP contribution in [0.15, 0.2) is 59.9 Å². The van der Waals surface area contributed by atoms with E-state index in [2.05, 4.69) is 15.4 Å². The monoisotopic (exact) mass is 432 g/mol. The molecule has 0 unspecified atom stereocenters. The Bertz CT molecular complexity index is 1120. The molecule has 1 N–H and O–H groups in total. The summed E-state index contributed by atoms with van der Waals surface area (Å²) in [6, 6.07) is 9.31. The Balaban J connectivity index is 0.00000111. The highest BCUT2D eigenvalue weighted by molar-refractivity contribution is 7.89. The van der Waals surface area contributed by atoms with Crippen molar-refractivity contribution in [3.8, 4) is 11.5 Å². The summed E-state index contributed by atoms with van der Waals surface area (Å²) < 4.78 is 37.6. The van der Waals surface area contributed by atoms with Crippen molar-refractivity contribution < 1.29 is 24.1 Å². The Morgan fingerprint density at radius 1 is 1.13 bits per heavy atom. The summed E-state index contributed by atoms with van der Waals surface area (Å²) in [5.74, 6) is 0.405. The van der Waals surface area contributed by atoms with Crippen LogP contribution in [0, 0.1) is 0 Å². The van der Waals surface area contributed by atoms with E-state index < -0.39 is 15.9 Å². The SMILES string of the molecule is CC.O=C(Nc1cnn(S(=O)(=O)c2ccc3c(c2)OCCCO3)c1)c1ccccn1.[HH]. The van der Waals surface area contributed by atoms with E-state index in [-0.39, 0.29) is 17.7 Å². The number of amides is 1. The van der Waals surface area contributed by atoms with Gasteiger partial charge in [0, 0.05) is 20.1 Å². The van der Waals surface area contributed by atoms with Gasteiger partial charge in [0.2, 0.25) is 0 Å². The number of nitrogens with one attached hydrogen (secondary N) is 1. The number of ether oxygens (including phenoxy) is 2. The standard InChI is InChI=1S/C18H16N4O5S.C2H6.H2/c23-18(15-4-1-2-7-19-15)21-13-11-20-22(12-13)28(24,25)14-5-6-16-17(10-14)27-9-3-8-26-16;1-2;/h1-2,4-7,10-12H,3,8-9H2,(H,21,23);1-2H3;1H. The lowest BCUT2D eigenvalue weighted by atomic mass is 10.3. The summed E-state index contributed by atoms with van der Waals surface area (Å²) in [5, 5.41) is 6.43. The lowest BCUT2D eigenvalue weighted by molar-refractivity contribution is 0.102. The maximum atomic E-state index is 12.9. The summed E-state index contributed by atoms with van der Waals surface area (Å²) in [7, 11) is -3.96. The van der Waals surface area contributed by atoms with Gasteiger partial charge in [-0.25, -0.2) is 0 Å². The molecule has 160 valence electrons. The molecule has 0 saturated carbocycles. The molecule has 9 nitrogen and oxygen atoms in total. The van der Waals surface area contributed by atoms with Gasteiger partial charge < -0.3 is 14.8 Å². The number of fused-ring (bicyclic) bond motifs is 1. The highest BCUT2D eigenvalue weighted by Crippen LogP contribution is 2.32. The molecule has 0 fully saturated rings. The first-order valence-corrected chi connectivity index (χ1v) is 10.9. The Morgan fingerprint density at radius 3 is 2.63 bits per heavy atom. The zero-order valence-electron chi connectivity index (χ0n) is 16.6. The van der Waals surface area contributed by atoms with Gasteiger partial charge in [-0.1, -0.05) is 19.9 Å². The first-order valence-electron chi connectivity index (χ1n) is 9.46. The number of hydrogen-bond acceptors (Lipinski definition) is 7. The zero-order valence-corrected chi connectivity index (χ0v) is 17.4. The fraction of sp³-hybridized carbons (Fsp3) is 0.250. The van der Waals surface area contributed by atoms with Crippen molar-refractivity contribution in [3.63, 3.8) is 0 Å². The van der Waals surface area contributed by atoms with Crippen LogP contribution in [-0.2, 0) is 10.0 Å². The van der Waals surface area contributed by atoms with Crippen molar-refractivity contribution in [2.45, 2.75) is 25.2 Å². The molecule has 2 aromatic heterocycles. The van der Waals surface area contributed by atoms with E-state index in [0.29, 0.717) is 24.7 Å². The van der Waals surface area contributed by atoms with Gasteiger partial charge in [-0.15, -0.1) is 0 Å². The van der Waals surface area contributed by atoms with Gasteiger partial charge in [0.1, 0.15) is 5.69 Å². The molecule has 1 aromatic carbocycles. The second-order valence-corrected chi connectivity index (χ2v) is 7.73. The first-order chi connectivity index (χ1) is 14.5. The highest BCUT2D eigenvalue weighted by atomic mass is 32.2. The van der Waals surface area contributed by atoms with Crippen molar-refractivity contribution in [1.29, 1.82) is 0 Å². The van der Waals surface area contributed by atoms with Gasteiger partial charge in [0.05, 0.1) is 36.2 Å². The number of benzene rings is 1. The molecule has 3 heterocycles. The third-order valence-corrected chi connectivity index (χ3v) is 5.52. The van der Waals surface area contributed by atoms with Crippen LogP contribution in [-0.4, -0.2) is 41.7 Å². The molecule has 1 aliphatic rings. The summed E-state index contributed by atoms with van der Waals surface area (Å²) in [6.45, 7) is 4.96. The Morgan fingerprint density at radius 2 is 1.90 bits per heavy atom. The molecule has 1 aliphatic heterocycles. The number of rotatable bonds is 4. The smallest absolute Gasteiger partial charge is 0.283 e. The van der Waals surface area contributed by atoms with Crippen molar-refractivity contribution in [3.05, 3.63) is 60.7 Å². The van der Waals surface area contributed by atoms with E-state index >= 15 is 0 Å². The van der Waals surface area contributed by atoms with Crippen LogP contribution in [0.5, 0.6) is 11.5 Å². The van der Waals surface area contributed by atoms with Gasteiger partial charge in [-0.05, 0) is 24.3 Å². The normalized spacial score (nSPS) is 12.9. The van der Waals surface area contributed by atoms with Crippen LogP contribution in [0.2, 0.25) is 0 Å². The van der Waals surface area contributed by atoms with Crippen LogP contribution in [0.1, 0.15) is 32.2 Å². The lowest BCUT2D eigenvalue weighted by Crippen LogP contribution is -2.15. The van der Waals surface area contributed by atoms with Crippen molar-refractivity contribution in [2.75, 3.05) is 18.5 Å². The summed E-state index contributed by atoms with van der Waals surface area (Å²) in [4.78, 5) is 16.1. The fourth-order valence-corrected chi connectivity index (χ4v) is 3.74. The van der Waals surface area contributed by atoms with E-state index in [1.807, 2.05) is 13.8 Å². The second-order valence-electron chi connectivity index (χ2n) is 5.93. The molecule has 0 spiro atoms. The van der Waals surface area contributed by atoms with Crippen LogP contribution in [0.3, 0.4) is 0 Å². The molecule has 3 aromatic rings. The van der Waals surface area contributed by atoms with E-state index in [1.54, 1.807) is 24.3 Å². The Labute approximate surface area is 176 Å². The van der Waals surface area contributed by atoms with Crippen LogP contribution in [0.4, 0.5) is 5.69 Å².